The maximum atomic E-state index is 12.6. The molecule has 1 aromatic rings. The third-order valence-electron chi connectivity index (χ3n) is 3.14. The van der Waals surface area contributed by atoms with Crippen LogP contribution in [0.2, 0.25) is 0 Å². The Kier molecular flexibility index (Phi) is 4.59. The Hall–Kier alpha value is -2.65. The molecule has 1 aliphatic rings. The third-order valence-corrected chi connectivity index (χ3v) is 3.14. The Morgan fingerprint density at radius 1 is 1.32 bits per heavy atom. The number of aromatic nitrogens is 2. The number of imide groups is 1. The minimum absolute atomic E-state index is 0.197. The maximum absolute atomic E-state index is 12.6. The van der Waals surface area contributed by atoms with Crippen LogP contribution in [-0.2, 0) is 0 Å². The largest absolute Gasteiger partial charge is 0.464 e. The SMILES string of the molecule is N=C(c1cc(C(F)F)ncn1)N(C(=O)O)C(=O)N1CCCC1. The molecule has 1 aliphatic heterocycles. The van der Waals surface area contributed by atoms with Gasteiger partial charge in [0.2, 0.25) is 0 Å². The lowest BCUT2D eigenvalue weighted by molar-refractivity contribution is 0.146. The highest BCUT2D eigenvalue weighted by Gasteiger charge is 2.32. The molecule has 0 spiro atoms. The number of carbonyl (C=O) groups is 2. The lowest BCUT2D eigenvalue weighted by Gasteiger charge is -2.23. The quantitative estimate of drug-likeness (QED) is 0.640. The summed E-state index contributed by atoms with van der Waals surface area (Å²) in [5.74, 6) is -0.784. The monoisotopic (exact) mass is 313 g/mol. The lowest BCUT2D eigenvalue weighted by atomic mass is 10.3. The molecule has 2 heterocycles. The molecule has 0 radical (unpaired) electrons. The summed E-state index contributed by atoms with van der Waals surface area (Å²) in [4.78, 5) is 31.8. The number of amides is 3. The van der Waals surface area contributed by atoms with E-state index in [0.717, 1.165) is 25.2 Å². The number of carbonyl (C=O) groups excluding carboxylic acids is 1. The van der Waals surface area contributed by atoms with Crippen molar-refractivity contribution >= 4 is 18.0 Å². The normalized spacial score (nSPS) is 14.2. The number of urea groups is 1. The van der Waals surface area contributed by atoms with Gasteiger partial charge < -0.3 is 10.0 Å². The van der Waals surface area contributed by atoms with Crippen LogP contribution in [0.15, 0.2) is 12.4 Å². The topological polar surface area (TPSA) is 110 Å². The first kappa shape index (κ1) is 15.7. The molecule has 2 rings (SSSR count). The highest BCUT2D eigenvalue weighted by Crippen LogP contribution is 2.17. The second-order valence-electron chi connectivity index (χ2n) is 4.57. The summed E-state index contributed by atoms with van der Waals surface area (Å²) in [6.07, 6.45) is -2.27. The van der Waals surface area contributed by atoms with E-state index in [1.54, 1.807) is 0 Å². The van der Waals surface area contributed by atoms with Crippen LogP contribution in [0.25, 0.3) is 0 Å². The zero-order valence-electron chi connectivity index (χ0n) is 11.4. The molecular weight excluding hydrogens is 300 g/mol. The number of hydrogen-bond acceptors (Lipinski definition) is 5. The predicted octanol–water partition coefficient (Wildman–Crippen LogP) is 1.94. The van der Waals surface area contributed by atoms with Gasteiger partial charge in [0.05, 0.1) is 0 Å². The van der Waals surface area contributed by atoms with Gasteiger partial charge in [-0.3, -0.25) is 5.41 Å². The highest BCUT2D eigenvalue weighted by molar-refractivity contribution is 6.14. The van der Waals surface area contributed by atoms with Crippen molar-refractivity contribution in [3.05, 3.63) is 23.8 Å². The number of hydrogen-bond donors (Lipinski definition) is 2. The van der Waals surface area contributed by atoms with Gasteiger partial charge in [-0.1, -0.05) is 0 Å². The Morgan fingerprint density at radius 3 is 2.50 bits per heavy atom. The standard InChI is InChI=1S/C12H13F2N5O3/c13-9(14)7-5-8(17-6-16-7)10(15)19(12(21)22)11(20)18-3-1-2-4-18/h5-6,9,15H,1-4H2,(H,21,22). The molecule has 118 valence electrons. The van der Waals surface area contributed by atoms with E-state index in [4.69, 9.17) is 10.5 Å². The summed E-state index contributed by atoms with van der Waals surface area (Å²) in [5, 5.41) is 17.0. The second-order valence-corrected chi connectivity index (χ2v) is 4.57. The minimum atomic E-state index is -2.89. The van der Waals surface area contributed by atoms with E-state index < -0.39 is 30.1 Å². The molecular formula is C12H13F2N5O3. The summed E-state index contributed by atoms with van der Waals surface area (Å²) in [6, 6.07) is -0.0903. The summed E-state index contributed by atoms with van der Waals surface area (Å²) in [7, 11) is 0. The molecule has 8 nitrogen and oxygen atoms in total. The zero-order chi connectivity index (χ0) is 16.3. The molecule has 0 saturated carbocycles. The van der Waals surface area contributed by atoms with Gasteiger partial charge in [-0.05, 0) is 18.9 Å². The Balaban J connectivity index is 2.28. The fraction of sp³-hybridized carbons (Fsp3) is 0.417. The smallest absolute Gasteiger partial charge is 0.421 e. The zero-order valence-corrected chi connectivity index (χ0v) is 11.4. The van der Waals surface area contributed by atoms with E-state index >= 15 is 0 Å². The van der Waals surface area contributed by atoms with Crippen LogP contribution in [0.4, 0.5) is 18.4 Å². The van der Waals surface area contributed by atoms with E-state index in [0.29, 0.717) is 13.1 Å². The Morgan fingerprint density at radius 2 is 1.95 bits per heavy atom. The number of halogens is 2. The van der Waals surface area contributed by atoms with E-state index in [1.807, 2.05) is 0 Å². The van der Waals surface area contributed by atoms with E-state index in [-0.39, 0.29) is 10.6 Å². The van der Waals surface area contributed by atoms with Gasteiger partial charge in [-0.2, -0.15) is 4.90 Å². The Bertz CT molecular complexity index is 604. The number of nitrogens with one attached hydrogen (secondary N) is 1. The van der Waals surface area contributed by atoms with Gasteiger partial charge in [0.15, 0.2) is 5.84 Å². The van der Waals surface area contributed by atoms with Crippen LogP contribution in [0.1, 0.15) is 30.7 Å². The molecule has 10 heteroatoms. The van der Waals surface area contributed by atoms with Crippen LogP contribution >= 0.6 is 0 Å². The molecule has 1 saturated heterocycles. The number of rotatable bonds is 2. The van der Waals surface area contributed by atoms with Crippen LogP contribution < -0.4 is 0 Å². The van der Waals surface area contributed by atoms with Crippen molar-refractivity contribution in [3.8, 4) is 0 Å². The van der Waals surface area contributed by atoms with Gasteiger partial charge in [0.25, 0.3) is 6.43 Å². The van der Waals surface area contributed by atoms with E-state index in [9.17, 15) is 18.4 Å². The number of nitrogens with zero attached hydrogens (tertiary/aromatic N) is 4. The first-order chi connectivity index (χ1) is 10.4. The summed E-state index contributed by atoms with van der Waals surface area (Å²) in [6.45, 7) is 0.782. The summed E-state index contributed by atoms with van der Waals surface area (Å²) >= 11 is 0. The molecule has 0 aromatic carbocycles. The molecule has 1 aromatic heterocycles. The fourth-order valence-electron chi connectivity index (χ4n) is 2.06. The van der Waals surface area contributed by atoms with Gasteiger partial charge in [-0.25, -0.2) is 28.3 Å². The first-order valence-corrected chi connectivity index (χ1v) is 6.42. The summed E-state index contributed by atoms with van der Waals surface area (Å²) < 4.78 is 25.2. The first-order valence-electron chi connectivity index (χ1n) is 6.42. The van der Waals surface area contributed by atoms with Gasteiger partial charge >= 0.3 is 12.1 Å². The molecule has 0 unspecified atom stereocenters. The van der Waals surface area contributed by atoms with Crippen molar-refractivity contribution in [2.75, 3.05) is 13.1 Å². The molecule has 22 heavy (non-hydrogen) atoms. The molecule has 2 N–H and O–H groups in total. The van der Waals surface area contributed by atoms with Crippen molar-refractivity contribution in [2.24, 2.45) is 0 Å². The van der Waals surface area contributed by atoms with Crippen molar-refractivity contribution in [2.45, 2.75) is 19.3 Å². The van der Waals surface area contributed by atoms with Gasteiger partial charge in [0.1, 0.15) is 17.7 Å². The highest BCUT2D eigenvalue weighted by atomic mass is 19.3. The van der Waals surface area contributed by atoms with E-state index in [2.05, 4.69) is 9.97 Å². The number of amidine groups is 1. The van der Waals surface area contributed by atoms with Crippen LogP contribution in [0.5, 0.6) is 0 Å². The molecule has 1 fully saturated rings. The van der Waals surface area contributed by atoms with Gasteiger partial charge in [-0.15, -0.1) is 0 Å². The molecule has 0 bridgehead atoms. The van der Waals surface area contributed by atoms with Crippen LogP contribution in [0.3, 0.4) is 0 Å². The Labute approximate surface area is 123 Å². The van der Waals surface area contributed by atoms with Crippen LogP contribution in [-0.4, -0.2) is 55.9 Å². The average Bonchev–Trinajstić information content (AvgIpc) is 3.01. The average molecular weight is 313 g/mol. The molecule has 3 amide bonds. The maximum Gasteiger partial charge on any atom is 0.421 e. The van der Waals surface area contributed by atoms with Gasteiger partial charge in [0, 0.05) is 13.1 Å². The summed E-state index contributed by atoms with van der Waals surface area (Å²) in [5.41, 5.74) is -1.01. The lowest BCUT2D eigenvalue weighted by Crippen LogP contribution is -2.48. The fourth-order valence-corrected chi connectivity index (χ4v) is 2.06. The van der Waals surface area contributed by atoms with Crippen molar-refractivity contribution in [1.29, 1.82) is 5.41 Å². The second kappa shape index (κ2) is 6.41. The number of likely N-dealkylation sites (tertiary alicyclic amines) is 1. The van der Waals surface area contributed by atoms with Crippen molar-refractivity contribution < 1.29 is 23.5 Å². The molecule has 0 aliphatic carbocycles. The number of carboxylic acid groups (broad SMARTS) is 1. The van der Waals surface area contributed by atoms with Crippen LogP contribution in [0, 0.1) is 5.41 Å². The van der Waals surface area contributed by atoms with Crippen molar-refractivity contribution in [1.82, 2.24) is 19.8 Å². The minimum Gasteiger partial charge on any atom is -0.464 e. The van der Waals surface area contributed by atoms with E-state index in [1.165, 1.54) is 4.90 Å². The van der Waals surface area contributed by atoms with Crippen molar-refractivity contribution in [3.63, 3.8) is 0 Å². The molecule has 0 atom stereocenters. The third kappa shape index (κ3) is 3.15. The number of alkyl halides is 2. The predicted molar refractivity (Wildman–Crippen MR) is 69.9 cm³/mol.